The Morgan fingerprint density at radius 1 is 1.14 bits per heavy atom. The average molecular weight is 322 g/mol. The smallest absolute Gasteiger partial charge is 0.142 e. The van der Waals surface area contributed by atoms with Gasteiger partial charge in [-0.2, -0.15) is 11.8 Å². The maximum atomic E-state index is 5.05. The lowest BCUT2D eigenvalue weighted by molar-refractivity contribution is 0.609. The van der Waals surface area contributed by atoms with Gasteiger partial charge in [0.15, 0.2) is 0 Å². The van der Waals surface area contributed by atoms with Gasteiger partial charge in [0.2, 0.25) is 0 Å². The molecule has 21 heavy (non-hydrogen) atoms. The SMILES string of the molecule is CC1SCC(c2nc3c(c(C4CC4)n2)CNCC3)SC1C. The average Bonchev–Trinajstić information content (AvgIpc) is 3.33. The Balaban J connectivity index is 1.67. The van der Waals surface area contributed by atoms with Gasteiger partial charge in [-0.05, 0) is 12.8 Å². The van der Waals surface area contributed by atoms with Crippen LogP contribution in [0, 0.1) is 0 Å². The van der Waals surface area contributed by atoms with Crippen molar-refractivity contribution in [3.8, 4) is 0 Å². The number of hydrogen-bond acceptors (Lipinski definition) is 5. The number of fused-ring (bicyclic) bond motifs is 1. The largest absolute Gasteiger partial charge is 0.312 e. The number of nitrogens with zero attached hydrogens (tertiary/aromatic N) is 2. The van der Waals surface area contributed by atoms with Gasteiger partial charge >= 0.3 is 0 Å². The fourth-order valence-corrected chi connectivity index (χ4v) is 5.99. The second kappa shape index (κ2) is 5.74. The van der Waals surface area contributed by atoms with E-state index in [4.69, 9.17) is 9.97 Å². The molecule has 0 amide bonds. The molecule has 5 heteroatoms. The highest BCUT2D eigenvalue weighted by Crippen LogP contribution is 2.46. The predicted octanol–water partition coefficient (Wildman–Crippen LogP) is 3.30. The van der Waals surface area contributed by atoms with Gasteiger partial charge in [0.25, 0.3) is 0 Å². The third-order valence-corrected chi connectivity index (χ3v) is 8.17. The maximum Gasteiger partial charge on any atom is 0.142 e. The summed E-state index contributed by atoms with van der Waals surface area (Å²) in [5.41, 5.74) is 4.12. The van der Waals surface area contributed by atoms with Crippen molar-refractivity contribution in [1.82, 2.24) is 15.3 Å². The van der Waals surface area contributed by atoms with E-state index in [1.54, 1.807) is 0 Å². The van der Waals surface area contributed by atoms with Crippen LogP contribution in [0.5, 0.6) is 0 Å². The normalized spacial score (nSPS) is 32.8. The summed E-state index contributed by atoms with van der Waals surface area (Å²) < 4.78 is 0. The molecule has 114 valence electrons. The summed E-state index contributed by atoms with van der Waals surface area (Å²) in [6.07, 6.45) is 3.72. The first-order valence-corrected chi connectivity index (χ1v) is 10.1. The van der Waals surface area contributed by atoms with Gasteiger partial charge in [0, 0.05) is 47.2 Å². The van der Waals surface area contributed by atoms with Gasteiger partial charge in [0.1, 0.15) is 5.82 Å². The quantitative estimate of drug-likeness (QED) is 0.905. The summed E-state index contributed by atoms with van der Waals surface area (Å²) in [5.74, 6) is 3.00. The number of rotatable bonds is 2. The lowest BCUT2D eigenvalue weighted by Crippen LogP contribution is -2.28. The van der Waals surface area contributed by atoms with E-state index in [0.717, 1.165) is 42.3 Å². The molecule has 1 aromatic heterocycles. The minimum absolute atomic E-state index is 0.485. The molecular formula is C16H23N3S2. The van der Waals surface area contributed by atoms with Crippen molar-refractivity contribution in [2.45, 2.75) is 61.3 Å². The molecule has 0 radical (unpaired) electrons. The molecule has 1 aromatic rings. The minimum Gasteiger partial charge on any atom is -0.312 e. The van der Waals surface area contributed by atoms with E-state index in [-0.39, 0.29) is 0 Å². The van der Waals surface area contributed by atoms with E-state index in [1.807, 2.05) is 0 Å². The van der Waals surface area contributed by atoms with Gasteiger partial charge in [0.05, 0.1) is 16.6 Å². The standard InChI is InChI=1S/C16H23N3S2/c1-9-10(2)21-14(8-20-9)16-18-13-5-6-17-7-12(13)15(19-16)11-3-4-11/h9-11,14,17H,3-8H2,1-2H3. The van der Waals surface area contributed by atoms with Crippen molar-refractivity contribution in [2.75, 3.05) is 12.3 Å². The van der Waals surface area contributed by atoms with E-state index < -0.39 is 0 Å². The van der Waals surface area contributed by atoms with Crippen LogP contribution < -0.4 is 5.32 Å². The van der Waals surface area contributed by atoms with E-state index in [0.29, 0.717) is 10.5 Å². The van der Waals surface area contributed by atoms with E-state index in [1.165, 1.54) is 29.8 Å². The van der Waals surface area contributed by atoms with Crippen LogP contribution >= 0.6 is 23.5 Å². The van der Waals surface area contributed by atoms with Crippen LogP contribution in [0.2, 0.25) is 0 Å². The van der Waals surface area contributed by atoms with Crippen LogP contribution in [-0.4, -0.2) is 32.8 Å². The summed E-state index contributed by atoms with van der Waals surface area (Å²) >= 11 is 4.16. The Morgan fingerprint density at radius 2 is 2.00 bits per heavy atom. The van der Waals surface area contributed by atoms with Crippen molar-refractivity contribution in [1.29, 1.82) is 0 Å². The fourth-order valence-electron chi connectivity index (χ4n) is 3.15. The van der Waals surface area contributed by atoms with Crippen molar-refractivity contribution >= 4 is 23.5 Å². The van der Waals surface area contributed by atoms with Gasteiger partial charge in [-0.3, -0.25) is 0 Å². The topological polar surface area (TPSA) is 37.8 Å². The summed E-state index contributed by atoms with van der Waals surface area (Å²) in [5, 5.41) is 5.41. The molecule has 0 spiro atoms. The van der Waals surface area contributed by atoms with E-state index in [2.05, 4.69) is 42.7 Å². The van der Waals surface area contributed by atoms with Crippen LogP contribution in [0.4, 0.5) is 0 Å². The van der Waals surface area contributed by atoms with Gasteiger partial charge in [-0.25, -0.2) is 9.97 Å². The molecule has 0 aromatic carbocycles. The molecule has 0 bridgehead atoms. The third kappa shape index (κ3) is 2.84. The summed E-state index contributed by atoms with van der Waals surface area (Å²) in [4.78, 5) is 10.0. The Hall–Kier alpha value is -0.260. The molecular weight excluding hydrogens is 298 g/mol. The number of hydrogen-bond donors (Lipinski definition) is 1. The van der Waals surface area contributed by atoms with Gasteiger partial charge < -0.3 is 5.32 Å². The second-order valence-corrected chi connectivity index (χ2v) is 9.46. The summed E-state index contributed by atoms with van der Waals surface area (Å²) in [6.45, 7) is 6.72. The van der Waals surface area contributed by atoms with Crippen LogP contribution in [0.1, 0.15) is 60.6 Å². The van der Waals surface area contributed by atoms with Crippen LogP contribution in [0.3, 0.4) is 0 Å². The third-order valence-electron chi connectivity index (χ3n) is 4.78. The Bertz CT molecular complexity index is 545. The van der Waals surface area contributed by atoms with Crippen molar-refractivity contribution in [3.63, 3.8) is 0 Å². The molecule has 3 nitrogen and oxygen atoms in total. The summed E-state index contributed by atoms with van der Waals surface area (Å²) in [7, 11) is 0. The molecule has 3 unspecified atom stereocenters. The zero-order valence-electron chi connectivity index (χ0n) is 12.8. The van der Waals surface area contributed by atoms with Gasteiger partial charge in [-0.15, -0.1) is 11.8 Å². The second-order valence-electron chi connectivity index (χ2n) is 6.46. The number of thioether (sulfide) groups is 2. The Morgan fingerprint density at radius 3 is 2.76 bits per heavy atom. The molecule has 1 N–H and O–H groups in total. The van der Waals surface area contributed by atoms with E-state index in [9.17, 15) is 0 Å². The fraction of sp³-hybridized carbons (Fsp3) is 0.750. The highest BCUT2D eigenvalue weighted by Gasteiger charge is 2.34. The predicted molar refractivity (Wildman–Crippen MR) is 91.1 cm³/mol. The highest BCUT2D eigenvalue weighted by molar-refractivity contribution is 8.07. The molecule has 2 fully saturated rings. The summed E-state index contributed by atoms with van der Waals surface area (Å²) in [6, 6.07) is 0. The number of nitrogens with one attached hydrogen (secondary N) is 1. The molecule has 2 aliphatic heterocycles. The van der Waals surface area contributed by atoms with Crippen LogP contribution in [0.25, 0.3) is 0 Å². The molecule has 3 heterocycles. The lowest BCUT2D eigenvalue weighted by Gasteiger charge is -2.31. The van der Waals surface area contributed by atoms with Crippen molar-refractivity contribution in [3.05, 3.63) is 22.8 Å². The molecule has 4 rings (SSSR count). The van der Waals surface area contributed by atoms with Crippen molar-refractivity contribution < 1.29 is 0 Å². The van der Waals surface area contributed by atoms with Crippen LogP contribution in [-0.2, 0) is 13.0 Å². The first-order chi connectivity index (χ1) is 10.2. The maximum absolute atomic E-state index is 5.05. The highest BCUT2D eigenvalue weighted by atomic mass is 32.2. The monoisotopic (exact) mass is 321 g/mol. The molecule has 3 atom stereocenters. The Labute approximate surface area is 135 Å². The molecule has 1 aliphatic carbocycles. The van der Waals surface area contributed by atoms with Gasteiger partial charge in [-0.1, -0.05) is 13.8 Å². The first-order valence-electron chi connectivity index (χ1n) is 8.09. The lowest BCUT2D eigenvalue weighted by atomic mass is 10.0. The zero-order chi connectivity index (χ0) is 14.4. The molecule has 1 saturated carbocycles. The van der Waals surface area contributed by atoms with E-state index >= 15 is 0 Å². The first kappa shape index (κ1) is 14.3. The molecule has 3 aliphatic rings. The van der Waals surface area contributed by atoms with Crippen LogP contribution in [0.15, 0.2) is 0 Å². The number of aromatic nitrogens is 2. The minimum atomic E-state index is 0.485. The Kier molecular flexibility index (Phi) is 3.92. The van der Waals surface area contributed by atoms with Crippen molar-refractivity contribution in [2.24, 2.45) is 0 Å². The zero-order valence-corrected chi connectivity index (χ0v) is 14.4. The molecule has 1 saturated heterocycles.